The van der Waals surface area contributed by atoms with E-state index < -0.39 is 0 Å². The van der Waals surface area contributed by atoms with Gasteiger partial charge in [0.2, 0.25) is 5.91 Å². The Labute approximate surface area is 115 Å². The number of nitrogens with two attached hydrogens (primary N) is 1. The molecule has 0 fully saturated rings. The lowest BCUT2D eigenvalue weighted by Crippen LogP contribution is -2.14. The number of benzene rings is 1. The molecule has 0 atom stereocenters. The van der Waals surface area contributed by atoms with Gasteiger partial charge < -0.3 is 15.8 Å². The van der Waals surface area contributed by atoms with E-state index in [1.54, 1.807) is 25.3 Å². The van der Waals surface area contributed by atoms with Crippen LogP contribution in [0, 0.1) is 5.41 Å². The van der Waals surface area contributed by atoms with Crippen LogP contribution < -0.4 is 15.8 Å². The number of ether oxygens (including phenoxy) is 1. The second-order valence-electron chi connectivity index (χ2n) is 5.92. The first-order chi connectivity index (χ1) is 8.81. The monoisotopic (exact) mass is 264 g/mol. The second kappa shape index (κ2) is 6.45. The highest BCUT2D eigenvalue weighted by atomic mass is 16.5. The molecular formula is C15H24N2O2. The molecule has 19 heavy (non-hydrogen) atoms. The Morgan fingerprint density at radius 3 is 2.63 bits per heavy atom. The first-order valence-corrected chi connectivity index (χ1v) is 6.55. The summed E-state index contributed by atoms with van der Waals surface area (Å²) in [6, 6.07) is 5.23. The van der Waals surface area contributed by atoms with Crippen molar-refractivity contribution in [1.29, 1.82) is 0 Å². The largest absolute Gasteiger partial charge is 0.497 e. The van der Waals surface area contributed by atoms with Gasteiger partial charge in [-0.3, -0.25) is 4.79 Å². The topological polar surface area (TPSA) is 64.3 Å². The Bertz CT molecular complexity index is 436. The van der Waals surface area contributed by atoms with E-state index in [-0.39, 0.29) is 11.3 Å². The van der Waals surface area contributed by atoms with Crippen LogP contribution in [0.1, 0.15) is 40.0 Å². The first-order valence-electron chi connectivity index (χ1n) is 6.55. The predicted molar refractivity (Wildman–Crippen MR) is 79.3 cm³/mol. The van der Waals surface area contributed by atoms with Gasteiger partial charge in [0.15, 0.2) is 0 Å². The third-order valence-electron chi connectivity index (χ3n) is 2.87. The van der Waals surface area contributed by atoms with Crippen LogP contribution in [0.5, 0.6) is 5.75 Å². The number of carbonyl (C=O) groups excluding carboxylic acids is 1. The molecule has 106 valence electrons. The molecule has 0 aliphatic rings. The molecule has 1 aromatic rings. The standard InChI is InChI=1S/C15H24N2O2/c1-15(2,3)9-5-6-14(18)17-13-10-11(19-4)7-8-12(13)16/h7-8,10H,5-6,9,16H2,1-4H3,(H,17,18). The van der Waals surface area contributed by atoms with Crippen LogP contribution in [-0.4, -0.2) is 13.0 Å². The normalized spacial score (nSPS) is 11.2. The Balaban J connectivity index is 2.52. The molecule has 0 spiro atoms. The maximum atomic E-state index is 11.8. The minimum absolute atomic E-state index is 0.01000. The number of nitrogens with one attached hydrogen (secondary N) is 1. The lowest BCUT2D eigenvalue weighted by molar-refractivity contribution is -0.116. The SMILES string of the molecule is COc1ccc(N)c(NC(=O)CCCC(C)(C)C)c1. The molecule has 0 saturated heterocycles. The summed E-state index contributed by atoms with van der Waals surface area (Å²) in [5.74, 6) is 0.670. The van der Waals surface area contributed by atoms with Gasteiger partial charge in [-0.2, -0.15) is 0 Å². The van der Waals surface area contributed by atoms with Crippen molar-refractivity contribution in [2.45, 2.75) is 40.0 Å². The van der Waals surface area contributed by atoms with Crippen LogP contribution in [0.2, 0.25) is 0 Å². The van der Waals surface area contributed by atoms with E-state index in [0.717, 1.165) is 12.8 Å². The number of nitrogen functional groups attached to an aromatic ring is 1. The highest BCUT2D eigenvalue weighted by Gasteiger charge is 2.12. The smallest absolute Gasteiger partial charge is 0.224 e. The van der Waals surface area contributed by atoms with E-state index >= 15 is 0 Å². The zero-order chi connectivity index (χ0) is 14.5. The second-order valence-corrected chi connectivity index (χ2v) is 5.92. The van der Waals surface area contributed by atoms with Gasteiger partial charge in [0, 0.05) is 12.5 Å². The van der Waals surface area contributed by atoms with Crippen LogP contribution >= 0.6 is 0 Å². The Morgan fingerprint density at radius 1 is 1.37 bits per heavy atom. The lowest BCUT2D eigenvalue weighted by Gasteiger charge is -2.17. The molecule has 0 aliphatic carbocycles. The Hall–Kier alpha value is -1.71. The van der Waals surface area contributed by atoms with Crippen molar-refractivity contribution in [3.05, 3.63) is 18.2 Å². The van der Waals surface area contributed by atoms with E-state index in [2.05, 4.69) is 26.1 Å². The average Bonchev–Trinajstić information content (AvgIpc) is 2.30. The maximum absolute atomic E-state index is 11.8. The summed E-state index contributed by atoms with van der Waals surface area (Å²) < 4.78 is 5.11. The number of hydrogen-bond donors (Lipinski definition) is 2. The van der Waals surface area contributed by atoms with Crippen molar-refractivity contribution in [3.63, 3.8) is 0 Å². The quantitative estimate of drug-likeness (QED) is 0.801. The van der Waals surface area contributed by atoms with Crippen LogP contribution in [0.25, 0.3) is 0 Å². The van der Waals surface area contributed by atoms with E-state index in [4.69, 9.17) is 10.5 Å². The van der Waals surface area contributed by atoms with Crippen LogP contribution in [0.3, 0.4) is 0 Å². The predicted octanol–water partition coefficient (Wildman–Crippen LogP) is 3.43. The summed E-state index contributed by atoms with van der Waals surface area (Å²) in [6.45, 7) is 6.51. The van der Waals surface area contributed by atoms with E-state index in [0.29, 0.717) is 23.5 Å². The van der Waals surface area contributed by atoms with Crippen molar-refractivity contribution in [1.82, 2.24) is 0 Å². The van der Waals surface area contributed by atoms with Gasteiger partial charge in [-0.1, -0.05) is 20.8 Å². The van der Waals surface area contributed by atoms with Crippen LogP contribution in [0.4, 0.5) is 11.4 Å². The Kier molecular flexibility index (Phi) is 5.21. The van der Waals surface area contributed by atoms with Crippen molar-refractivity contribution in [2.75, 3.05) is 18.2 Å². The molecule has 4 nitrogen and oxygen atoms in total. The number of amides is 1. The van der Waals surface area contributed by atoms with Crippen molar-refractivity contribution in [3.8, 4) is 5.75 Å². The molecule has 0 bridgehead atoms. The van der Waals surface area contributed by atoms with Crippen molar-refractivity contribution in [2.24, 2.45) is 5.41 Å². The number of anilines is 2. The third-order valence-corrected chi connectivity index (χ3v) is 2.87. The minimum Gasteiger partial charge on any atom is -0.497 e. The Morgan fingerprint density at radius 2 is 2.05 bits per heavy atom. The molecule has 1 amide bonds. The van der Waals surface area contributed by atoms with Crippen LogP contribution in [-0.2, 0) is 4.79 Å². The van der Waals surface area contributed by atoms with Crippen molar-refractivity contribution < 1.29 is 9.53 Å². The highest BCUT2D eigenvalue weighted by molar-refractivity contribution is 5.94. The van der Waals surface area contributed by atoms with Crippen molar-refractivity contribution >= 4 is 17.3 Å². The molecule has 0 unspecified atom stereocenters. The fourth-order valence-corrected chi connectivity index (χ4v) is 1.76. The summed E-state index contributed by atoms with van der Waals surface area (Å²) >= 11 is 0. The molecule has 0 radical (unpaired) electrons. The molecule has 0 heterocycles. The summed E-state index contributed by atoms with van der Waals surface area (Å²) in [5.41, 5.74) is 7.24. The van der Waals surface area contributed by atoms with Crippen LogP contribution in [0.15, 0.2) is 18.2 Å². The summed E-state index contributed by atoms with van der Waals surface area (Å²) in [4.78, 5) is 11.8. The van der Waals surface area contributed by atoms with Gasteiger partial charge in [-0.05, 0) is 30.4 Å². The van der Waals surface area contributed by atoms with Gasteiger partial charge >= 0.3 is 0 Å². The number of carbonyl (C=O) groups is 1. The fourth-order valence-electron chi connectivity index (χ4n) is 1.76. The van der Waals surface area contributed by atoms with Gasteiger partial charge in [-0.25, -0.2) is 0 Å². The highest BCUT2D eigenvalue weighted by Crippen LogP contribution is 2.25. The average molecular weight is 264 g/mol. The zero-order valence-corrected chi connectivity index (χ0v) is 12.2. The molecule has 0 aromatic heterocycles. The number of rotatable bonds is 5. The molecular weight excluding hydrogens is 240 g/mol. The molecule has 1 aromatic carbocycles. The number of methoxy groups -OCH3 is 1. The summed E-state index contributed by atoms with van der Waals surface area (Å²) in [6.07, 6.45) is 2.40. The van der Waals surface area contributed by atoms with E-state index in [1.165, 1.54) is 0 Å². The van der Waals surface area contributed by atoms with Gasteiger partial charge in [0.25, 0.3) is 0 Å². The number of hydrogen-bond acceptors (Lipinski definition) is 3. The molecule has 4 heteroatoms. The van der Waals surface area contributed by atoms with E-state index in [1.807, 2.05) is 0 Å². The van der Waals surface area contributed by atoms with Gasteiger partial charge in [0.1, 0.15) is 5.75 Å². The lowest BCUT2D eigenvalue weighted by atomic mass is 9.90. The fraction of sp³-hybridized carbons (Fsp3) is 0.533. The van der Waals surface area contributed by atoms with Gasteiger partial charge in [-0.15, -0.1) is 0 Å². The molecule has 1 rings (SSSR count). The first kappa shape index (κ1) is 15.3. The minimum atomic E-state index is -0.01000. The summed E-state index contributed by atoms with van der Waals surface area (Å²) in [5, 5.41) is 2.83. The molecule has 3 N–H and O–H groups in total. The zero-order valence-electron chi connectivity index (χ0n) is 12.2. The third kappa shape index (κ3) is 5.64. The summed E-state index contributed by atoms with van der Waals surface area (Å²) in [7, 11) is 1.58. The van der Waals surface area contributed by atoms with Gasteiger partial charge in [0.05, 0.1) is 18.5 Å². The molecule has 0 aliphatic heterocycles. The maximum Gasteiger partial charge on any atom is 0.224 e. The molecule has 0 saturated carbocycles. The van der Waals surface area contributed by atoms with E-state index in [9.17, 15) is 4.79 Å².